The van der Waals surface area contributed by atoms with E-state index in [9.17, 15) is 0 Å². The highest BCUT2D eigenvalue weighted by Crippen LogP contribution is 2.40. The molecule has 2 saturated carbocycles. The topological polar surface area (TPSA) is 21.3 Å². The first-order valence-electron chi connectivity index (χ1n) is 9.53. The maximum absolute atomic E-state index is 6.76. The normalized spacial score (nSPS) is 37.6. The number of likely N-dealkylation sites (N-methyl/N-ethyl adjacent to an activating group) is 1. The van der Waals surface area contributed by atoms with Crippen molar-refractivity contribution in [1.82, 2.24) is 5.32 Å². The molecule has 1 N–H and O–H groups in total. The average Bonchev–Trinajstić information content (AvgIpc) is 2.50. The lowest BCUT2D eigenvalue weighted by molar-refractivity contribution is -0.132. The Morgan fingerprint density at radius 1 is 1.05 bits per heavy atom. The van der Waals surface area contributed by atoms with Crippen molar-refractivity contribution in [3.63, 3.8) is 0 Å². The first kappa shape index (κ1) is 17.3. The molecule has 0 amide bonds. The Balaban J connectivity index is 1.89. The predicted octanol–water partition coefficient (Wildman–Crippen LogP) is 4.92. The van der Waals surface area contributed by atoms with Gasteiger partial charge in [-0.1, -0.05) is 46.0 Å². The lowest BCUT2D eigenvalue weighted by Gasteiger charge is -2.44. The van der Waals surface area contributed by atoms with Crippen LogP contribution in [0.2, 0.25) is 0 Å². The molecule has 2 nitrogen and oxygen atoms in total. The average molecular weight is 296 g/mol. The van der Waals surface area contributed by atoms with Gasteiger partial charge in [0.1, 0.15) is 0 Å². The molecular weight excluding hydrogens is 258 g/mol. The predicted molar refractivity (Wildman–Crippen MR) is 90.6 cm³/mol. The van der Waals surface area contributed by atoms with Gasteiger partial charge in [0, 0.05) is 6.54 Å². The minimum absolute atomic E-state index is 0.138. The summed E-state index contributed by atoms with van der Waals surface area (Å²) < 4.78 is 6.76. The van der Waals surface area contributed by atoms with Crippen molar-refractivity contribution >= 4 is 0 Å². The van der Waals surface area contributed by atoms with Gasteiger partial charge in [0.15, 0.2) is 0 Å². The summed E-state index contributed by atoms with van der Waals surface area (Å²) in [7, 11) is 2.08. The number of hydrogen-bond acceptors (Lipinski definition) is 2. The van der Waals surface area contributed by atoms with E-state index in [-0.39, 0.29) is 5.60 Å². The number of hydrogen-bond donors (Lipinski definition) is 1. The quantitative estimate of drug-likeness (QED) is 0.720. The van der Waals surface area contributed by atoms with Gasteiger partial charge in [-0.3, -0.25) is 0 Å². The molecule has 0 saturated heterocycles. The van der Waals surface area contributed by atoms with Crippen LogP contribution in [0, 0.1) is 11.8 Å². The van der Waals surface area contributed by atoms with E-state index in [1.807, 2.05) is 0 Å². The molecule has 0 spiro atoms. The first-order chi connectivity index (χ1) is 10.2. The minimum atomic E-state index is 0.138. The zero-order valence-electron chi connectivity index (χ0n) is 14.6. The summed E-state index contributed by atoms with van der Waals surface area (Å²) in [6, 6.07) is 0. The molecule has 2 aliphatic carbocycles. The third-order valence-corrected chi connectivity index (χ3v) is 5.94. The summed E-state index contributed by atoms with van der Waals surface area (Å²) in [5.74, 6) is 1.87. The van der Waals surface area contributed by atoms with Crippen LogP contribution >= 0.6 is 0 Å². The smallest absolute Gasteiger partial charge is 0.0810 e. The second-order valence-electron chi connectivity index (χ2n) is 7.63. The van der Waals surface area contributed by atoms with Crippen LogP contribution in [0.4, 0.5) is 0 Å². The van der Waals surface area contributed by atoms with E-state index < -0.39 is 0 Å². The van der Waals surface area contributed by atoms with Gasteiger partial charge in [0.05, 0.1) is 11.7 Å². The van der Waals surface area contributed by atoms with Gasteiger partial charge in [-0.05, 0) is 57.4 Å². The zero-order valence-corrected chi connectivity index (χ0v) is 14.6. The molecule has 2 fully saturated rings. The second-order valence-corrected chi connectivity index (χ2v) is 7.63. The van der Waals surface area contributed by atoms with Gasteiger partial charge in [-0.2, -0.15) is 0 Å². The van der Waals surface area contributed by atoms with Crippen molar-refractivity contribution in [2.75, 3.05) is 13.6 Å². The summed E-state index contributed by atoms with van der Waals surface area (Å²) in [6.45, 7) is 5.70. The van der Waals surface area contributed by atoms with Crippen LogP contribution in [0.25, 0.3) is 0 Å². The highest BCUT2D eigenvalue weighted by atomic mass is 16.5. The Bertz CT molecular complexity index is 283. The summed E-state index contributed by atoms with van der Waals surface area (Å²) in [5.41, 5.74) is 0.138. The molecule has 0 bridgehead atoms. The Morgan fingerprint density at radius 3 is 2.43 bits per heavy atom. The number of rotatable bonds is 7. The molecule has 2 atom stereocenters. The van der Waals surface area contributed by atoms with E-state index in [1.54, 1.807) is 0 Å². The van der Waals surface area contributed by atoms with E-state index in [1.165, 1.54) is 70.6 Å². The minimum Gasteiger partial charge on any atom is -0.370 e. The molecule has 2 heteroatoms. The monoisotopic (exact) mass is 295 g/mol. The van der Waals surface area contributed by atoms with Gasteiger partial charge in [-0.15, -0.1) is 0 Å². The molecule has 0 aromatic rings. The van der Waals surface area contributed by atoms with Gasteiger partial charge < -0.3 is 10.1 Å². The lowest BCUT2D eigenvalue weighted by atomic mass is 9.76. The van der Waals surface area contributed by atoms with Crippen molar-refractivity contribution in [1.29, 1.82) is 0 Å². The molecule has 0 aromatic heterocycles. The molecule has 2 unspecified atom stereocenters. The molecule has 2 aliphatic rings. The lowest BCUT2D eigenvalue weighted by Crippen LogP contribution is -2.48. The zero-order chi connectivity index (χ0) is 15.1. The van der Waals surface area contributed by atoms with E-state index in [0.29, 0.717) is 6.10 Å². The van der Waals surface area contributed by atoms with Crippen LogP contribution in [-0.4, -0.2) is 25.3 Å². The Morgan fingerprint density at radius 2 is 1.81 bits per heavy atom. The maximum atomic E-state index is 6.76. The standard InChI is InChI=1S/C19H37NO/c1-4-7-17-10-12-19(13-11-17,15-20-3)21-18-9-6-8-16(5-2)14-18/h16-18,20H,4-15H2,1-3H3. The van der Waals surface area contributed by atoms with Crippen molar-refractivity contribution in [3.8, 4) is 0 Å². The van der Waals surface area contributed by atoms with Crippen molar-refractivity contribution < 1.29 is 4.74 Å². The second kappa shape index (κ2) is 8.53. The molecular formula is C19H37NO. The van der Waals surface area contributed by atoms with Gasteiger partial charge >= 0.3 is 0 Å². The van der Waals surface area contributed by atoms with E-state index in [4.69, 9.17) is 4.74 Å². The Kier molecular flexibility index (Phi) is 7.01. The SMILES string of the molecule is CCCC1CCC(CNC)(OC2CCCC(CC)C2)CC1. The molecule has 0 aliphatic heterocycles. The van der Waals surface area contributed by atoms with E-state index in [0.717, 1.165) is 18.4 Å². The van der Waals surface area contributed by atoms with E-state index in [2.05, 4.69) is 26.2 Å². The van der Waals surface area contributed by atoms with Gasteiger partial charge in [0.25, 0.3) is 0 Å². The molecule has 0 aromatic carbocycles. The summed E-state index contributed by atoms with van der Waals surface area (Å²) >= 11 is 0. The highest BCUT2D eigenvalue weighted by Gasteiger charge is 2.38. The summed E-state index contributed by atoms with van der Waals surface area (Å²) in [5, 5.41) is 3.41. The van der Waals surface area contributed by atoms with Crippen LogP contribution < -0.4 is 5.32 Å². The van der Waals surface area contributed by atoms with Crippen LogP contribution in [0.3, 0.4) is 0 Å². The summed E-state index contributed by atoms with van der Waals surface area (Å²) in [6.07, 6.45) is 15.3. The van der Waals surface area contributed by atoms with Crippen LogP contribution in [-0.2, 0) is 4.74 Å². The molecule has 0 radical (unpaired) electrons. The molecule has 124 valence electrons. The van der Waals surface area contributed by atoms with Crippen LogP contribution in [0.1, 0.15) is 84.5 Å². The van der Waals surface area contributed by atoms with Crippen LogP contribution in [0.15, 0.2) is 0 Å². The van der Waals surface area contributed by atoms with Gasteiger partial charge in [-0.25, -0.2) is 0 Å². The highest BCUT2D eigenvalue weighted by molar-refractivity contribution is 4.91. The molecule has 0 heterocycles. The van der Waals surface area contributed by atoms with E-state index >= 15 is 0 Å². The number of ether oxygens (including phenoxy) is 1. The van der Waals surface area contributed by atoms with Crippen molar-refractivity contribution in [2.45, 2.75) is 96.2 Å². The number of nitrogens with one attached hydrogen (secondary N) is 1. The fourth-order valence-electron chi connectivity index (χ4n) is 4.63. The first-order valence-corrected chi connectivity index (χ1v) is 9.53. The molecule has 2 rings (SSSR count). The summed E-state index contributed by atoms with van der Waals surface area (Å²) in [4.78, 5) is 0. The fraction of sp³-hybridized carbons (Fsp3) is 1.00. The van der Waals surface area contributed by atoms with Crippen molar-refractivity contribution in [2.24, 2.45) is 11.8 Å². The largest absolute Gasteiger partial charge is 0.370 e. The van der Waals surface area contributed by atoms with Gasteiger partial charge in [0.2, 0.25) is 0 Å². The maximum Gasteiger partial charge on any atom is 0.0810 e. The molecule has 21 heavy (non-hydrogen) atoms. The third-order valence-electron chi connectivity index (χ3n) is 5.94. The Labute approximate surface area is 132 Å². The van der Waals surface area contributed by atoms with Crippen molar-refractivity contribution in [3.05, 3.63) is 0 Å². The van der Waals surface area contributed by atoms with Crippen LogP contribution in [0.5, 0.6) is 0 Å². The Hall–Kier alpha value is -0.0800. The third kappa shape index (κ3) is 4.96. The fourth-order valence-corrected chi connectivity index (χ4v) is 4.63.